The van der Waals surface area contributed by atoms with Gasteiger partial charge < -0.3 is 14.3 Å². The molecular formula is C17H15N5O2S2. The van der Waals surface area contributed by atoms with Gasteiger partial charge in [0.25, 0.3) is 0 Å². The summed E-state index contributed by atoms with van der Waals surface area (Å²) in [6.45, 7) is 2.61. The number of nitrogens with zero attached hydrogens (tertiary/aromatic N) is 4. The van der Waals surface area contributed by atoms with Crippen LogP contribution in [0.4, 0.5) is 5.13 Å². The van der Waals surface area contributed by atoms with Gasteiger partial charge in [-0.3, -0.25) is 0 Å². The standard InChI is InChI=1S/C17H15N5O2S2/c1-11-4-2-5-12(8-11)15-19-14(24-22-15)10-25-17-21-20-16(26-17)18-9-13-6-3-7-23-13/h2-8H,9-10H2,1H3,(H,18,20). The van der Waals surface area contributed by atoms with E-state index in [2.05, 4.69) is 25.7 Å². The molecule has 0 aliphatic heterocycles. The maximum atomic E-state index is 5.33. The Morgan fingerprint density at radius 2 is 2.15 bits per heavy atom. The molecule has 0 bridgehead atoms. The van der Waals surface area contributed by atoms with Crippen LogP contribution in [-0.4, -0.2) is 20.3 Å². The smallest absolute Gasteiger partial charge is 0.237 e. The van der Waals surface area contributed by atoms with Gasteiger partial charge in [0.2, 0.25) is 16.8 Å². The SMILES string of the molecule is Cc1cccc(-c2noc(CSc3nnc(NCc4ccco4)s3)n2)c1. The van der Waals surface area contributed by atoms with Gasteiger partial charge in [0.05, 0.1) is 18.6 Å². The monoisotopic (exact) mass is 385 g/mol. The second-order valence-electron chi connectivity index (χ2n) is 5.48. The Kier molecular flexibility index (Phi) is 4.98. The molecule has 4 aromatic rings. The van der Waals surface area contributed by atoms with Crippen molar-refractivity contribution in [3.8, 4) is 11.4 Å². The van der Waals surface area contributed by atoms with Crippen molar-refractivity contribution < 1.29 is 8.94 Å². The fourth-order valence-corrected chi connectivity index (χ4v) is 3.84. The van der Waals surface area contributed by atoms with Gasteiger partial charge in [-0.1, -0.05) is 52.0 Å². The summed E-state index contributed by atoms with van der Waals surface area (Å²) in [6.07, 6.45) is 1.65. The molecule has 7 nitrogen and oxygen atoms in total. The van der Waals surface area contributed by atoms with E-state index in [-0.39, 0.29) is 0 Å². The van der Waals surface area contributed by atoms with E-state index in [0.717, 1.165) is 26.4 Å². The number of hydrogen-bond acceptors (Lipinski definition) is 9. The van der Waals surface area contributed by atoms with Gasteiger partial charge in [-0.15, -0.1) is 10.2 Å². The number of benzene rings is 1. The first-order valence-corrected chi connectivity index (χ1v) is 9.69. The third-order valence-electron chi connectivity index (χ3n) is 3.46. The van der Waals surface area contributed by atoms with Crippen LogP contribution in [-0.2, 0) is 12.3 Å². The summed E-state index contributed by atoms with van der Waals surface area (Å²) in [6, 6.07) is 11.8. The molecule has 0 aliphatic rings. The lowest BCUT2D eigenvalue weighted by Gasteiger charge is -1.96. The fraction of sp³-hybridized carbons (Fsp3) is 0.176. The topological polar surface area (TPSA) is 89.9 Å². The minimum atomic E-state index is 0.547. The van der Waals surface area contributed by atoms with E-state index in [0.29, 0.717) is 24.0 Å². The molecule has 9 heteroatoms. The van der Waals surface area contributed by atoms with Gasteiger partial charge >= 0.3 is 0 Å². The average Bonchev–Trinajstić information content (AvgIpc) is 3.39. The summed E-state index contributed by atoms with van der Waals surface area (Å²) in [7, 11) is 0. The highest BCUT2D eigenvalue weighted by molar-refractivity contribution is 8.00. The molecule has 0 amide bonds. The molecule has 0 radical (unpaired) electrons. The van der Waals surface area contributed by atoms with Gasteiger partial charge in [-0.2, -0.15) is 4.98 Å². The predicted octanol–water partition coefficient (Wildman–Crippen LogP) is 4.39. The molecule has 132 valence electrons. The maximum Gasteiger partial charge on any atom is 0.237 e. The van der Waals surface area contributed by atoms with Gasteiger partial charge in [0.1, 0.15) is 5.76 Å². The predicted molar refractivity (Wildman–Crippen MR) is 100.0 cm³/mol. The molecule has 3 aromatic heterocycles. The Morgan fingerprint density at radius 1 is 1.19 bits per heavy atom. The van der Waals surface area contributed by atoms with Crippen LogP contribution in [0, 0.1) is 6.92 Å². The lowest BCUT2D eigenvalue weighted by molar-refractivity contribution is 0.391. The Morgan fingerprint density at radius 3 is 3.00 bits per heavy atom. The molecule has 0 aliphatic carbocycles. The number of rotatable bonds is 7. The van der Waals surface area contributed by atoms with Crippen LogP contribution in [0.25, 0.3) is 11.4 Å². The molecule has 3 heterocycles. The molecule has 0 saturated carbocycles. The summed E-state index contributed by atoms with van der Waals surface area (Å²) < 4.78 is 11.4. The number of nitrogens with one attached hydrogen (secondary N) is 1. The molecule has 0 spiro atoms. The maximum absolute atomic E-state index is 5.33. The number of anilines is 1. The number of thioether (sulfide) groups is 1. The highest BCUT2D eigenvalue weighted by atomic mass is 32.2. The van der Waals surface area contributed by atoms with E-state index < -0.39 is 0 Å². The Bertz CT molecular complexity index is 981. The van der Waals surface area contributed by atoms with E-state index in [1.165, 1.54) is 23.1 Å². The summed E-state index contributed by atoms with van der Waals surface area (Å²) in [5, 5.41) is 16.3. The summed E-state index contributed by atoms with van der Waals surface area (Å²) in [4.78, 5) is 4.44. The minimum absolute atomic E-state index is 0.547. The Labute approximate surface area is 157 Å². The van der Waals surface area contributed by atoms with E-state index in [1.807, 2.05) is 43.3 Å². The molecule has 0 fully saturated rings. The third kappa shape index (κ3) is 4.12. The molecule has 26 heavy (non-hydrogen) atoms. The zero-order valence-corrected chi connectivity index (χ0v) is 15.5. The number of furan rings is 1. The van der Waals surface area contributed by atoms with Crippen molar-refractivity contribution in [1.29, 1.82) is 0 Å². The number of aromatic nitrogens is 4. The van der Waals surface area contributed by atoms with Crippen LogP contribution in [0.3, 0.4) is 0 Å². The zero-order chi connectivity index (χ0) is 17.8. The van der Waals surface area contributed by atoms with Crippen LogP contribution >= 0.6 is 23.1 Å². The summed E-state index contributed by atoms with van der Waals surface area (Å²) >= 11 is 2.99. The molecule has 0 saturated heterocycles. The molecule has 1 aromatic carbocycles. The molecule has 4 rings (SSSR count). The zero-order valence-electron chi connectivity index (χ0n) is 13.9. The largest absolute Gasteiger partial charge is 0.467 e. The Hall–Kier alpha value is -2.65. The number of hydrogen-bond donors (Lipinski definition) is 1. The van der Waals surface area contributed by atoms with Crippen molar-refractivity contribution in [2.24, 2.45) is 0 Å². The van der Waals surface area contributed by atoms with Crippen LogP contribution in [0.5, 0.6) is 0 Å². The van der Waals surface area contributed by atoms with Gasteiger partial charge in [-0.05, 0) is 25.1 Å². The van der Waals surface area contributed by atoms with Crippen molar-refractivity contribution >= 4 is 28.2 Å². The highest BCUT2D eigenvalue weighted by Gasteiger charge is 2.11. The molecule has 1 N–H and O–H groups in total. The van der Waals surface area contributed by atoms with Crippen LogP contribution < -0.4 is 5.32 Å². The van der Waals surface area contributed by atoms with E-state index in [1.54, 1.807) is 6.26 Å². The van der Waals surface area contributed by atoms with Crippen LogP contribution in [0.1, 0.15) is 17.2 Å². The summed E-state index contributed by atoms with van der Waals surface area (Å²) in [5.41, 5.74) is 2.11. The number of aryl methyl sites for hydroxylation is 1. The fourth-order valence-electron chi connectivity index (χ4n) is 2.25. The molecule has 0 unspecified atom stereocenters. The Balaban J connectivity index is 1.33. The molecular weight excluding hydrogens is 370 g/mol. The van der Waals surface area contributed by atoms with Crippen molar-refractivity contribution in [3.63, 3.8) is 0 Å². The average molecular weight is 385 g/mol. The molecule has 0 atom stereocenters. The first-order valence-electron chi connectivity index (χ1n) is 7.88. The third-order valence-corrected chi connectivity index (χ3v) is 5.46. The normalized spacial score (nSPS) is 11.0. The van der Waals surface area contributed by atoms with Gasteiger partial charge in [-0.25, -0.2) is 0 Å². The lowest BCUT2D eigenvalue weighted by Crippen LogP contribution is -1.96. The van der Waals surface area contributed by atoms with Crippen molar-refractivity contribution in [3.05, 3.63) is 59.9 Å². The van der Waals surface area contributed by atoms with Crippen LogP contribution in [0.15, 0.2) is 55.9 Å². The van der Waals surface area contributed by atoms with Crippen molar-refractivity contribution in [2.45, 2.75) is 23.6 Å². The van der Waals surface area contributed by atoms with Gasteiger partial charge in [0, 0.05) is 5.56 Å². The van der Waals surface area contributed by atoms with E-state index >= 15 is 0 Å². The second-order valence-corrected chi connectivity index (χ2v) is 7.68. The van der Waals surface area contributed by atoms with Gasteiger partial charge in [0.15, 0.2) is 4.34 Å². The first-order chi connectivity index (χ1) is 12.8. The lowest BCUT2D eigenvalue weighted by atomic mass is 10.1. The summed E-state index contributed by atoms with van der Waals surface area (Å²) in [5.74, 6) is 2.56. The second kappa shape index (κ2) is 7.71. The van der Waals surface area contributed by atoms with Crippen LogP contribution in [0.2, 0.25) is 0 Å². The van der Waals surface area contributed by atoms with E-state index in [9.17, 15) is 0 Å². The first kappa shape index (κ1) is 16.8. The quantitative estimate of drug-likeness (QED) is 0.468. The van der Waals surface area contributed by atoms with E-state index in [4.69, 9.17) is 8.94 Å². The highest BCUT2D eigenvalue weighted by Crippen LogP contribution is 2.28. The van der Waals surface area contributed by atoms with Crippen molar-refractivity contribution in [1.82, 2.24) is 20.3 Å². The minimum Gasteiger partial charge on any atom is -0.467 e. The van der Waals surface area contributed by atoms with Crippen molar-refractivity contribution in [2.75, 3.05) is 5.32 Å².